The van der Waals surface area contributed by atoms with Crippen molar-refractivity contribution in [1.29, 1.82) is 0 Å². The second kappa shape index (κ2) is 8.53. The van der Waals surface area contributed by atoms with Crippen LogP contribution in [0.4, 0.5) is 0 Å². The van der Waals surface area contributed by atoms with Crippen molar-refractivity contribution in [1.82, 2.24) is 0 Å². The summed E-state index contributed by atoms with van der Waals surface area (Å²) in [5, 5.41) is 3.03. The Morgan fingerprint density at radius 2 is 2.08 bits per heavy atom. The molecule has 3 heteroatoms. The number of hydrogen-bond acceptors (Lipinski definition) is 2. The Balaban J connectivity index is 0.00000121. The summed E-state index contributed by atoms with van der Waals surface area (Å²) in [5.41, 5.74) is 0. The van der Waals surface area contributed by atoms with Gasteiger partial charge in [0.05, 0.1) is 0 Å². The zero-order chi connectivity index (χ0) is 7.94. The Labute approximate surface area is 93.7 Å². The third kappa shape index (κ3) is 5.56. The first-order valence-corrected chi connectivity index (χ1v) is 6.70. The summed E-state index contributed by atoms with van der Waals surface area (Å²) in [7, 11) is 3.89. The topological polar surface area (TPSA) is 0 Å². The minimum Gasteiger partial charge on any atom is -0.0819 e. The molecule has 0 amide bonds. The van der Waals surface area contributed by atoms with Crippen LogP contribution < -0.4 is 0 Å². The van der Waals surface area contributed by atoms with Gasteiger partial charge in [-0.05, 0) is 11.8 Å². The number of unbranched alkanes of at least 4 members (excludes halogenated alkanes) is 3. The minimum absolute atomic E-state index is 0. The first-order valence-electron chi connectivity index (χ1n) is 4.42. The fourth-order valence-electron chi connectivity index (χ4n) is 1.17. The van der Waals surface area contributed by atoms with Crippen LogP contribution in [0.15, 0.2) is 11.5 Å². The summed E-state index contributed by atoms with van der Waals surface area (Å²) >= 11 is 0. The Bertz CT molecular complexity index is 126. The van der Waals surface area contributed by atoms with Gasteiger partial charge in [-0.2, -0.15) is 0 Å². The molecule has 1 atom stereocenters. The number of rotatable bonds is 5. The molecule has 1 unspecified atom stereocenters. The average molecular weight is 247 g/mol. The summed E-state index contributed by atoms with van der Waals surface area (Å²) in [6.45, 7) is 2.26. The molecule has 0 fully saturated rings. The average Bonchev–Trinajstić information content (AvgIpc) is 2.50. The predicted octanol–water partition coefficient (Wildman–Crippen LogP) is 4.23. The van der Waals surface area contributed by atoms with Crippen LogP contribution in [0.3, 0.4) is 0 Å². The second-order valence-corrected chi connectivity index (χ2v) is 5.33. The van der Waals surface area contributed by atoms with Gasteiger partial charge in [-0.1, -0.05) is 60.3 Å². The zero-order valence-corrected chi connectivity index (χ0v) is 10.0. The van der Waals surface area contributed by atoms with E-state index in [4.69, 9.17) is 0 Å². The SMILES string of the molecule is CCCCCCC1C=CSS1.[Ni]. The molecule has 0 aromatic rings. The summed E-state index contributed by atoms with van der Waals surface area (Å²) in [6.07, 6.45) is 9.31. The molecule has 0 bridgehead atoms. The summed E-state index contributed by atoms with van der Waals surface area (Å²) < 4.78 is 0. The monoisotopic (exact) mass is 246 g/mol. The van der Waals surface area contributed by atoms with E-state index < -0.39 is 0 Å². The molecule has 1 aliphatic heterocycles. The van der Waals surface area contributed by atoms with Crippen LogP contribution in [-0.4, -0.2) is 5.25 Å². The van der Waals surface area contributed by atoms with E-state index in [0.717, 1.165) is 5.25 Å². The van der Waals surface area contributed by atoms with Gasteiger partial charge in [0.25, 0.3) is 0 Å². The molecule has 0 saturated carbocycles. The predicted molar refractivity (Wildman–Crippen MR) is 56.9 cm³/mol. The van der Waals surface area contributed by atoms with Crippen molar-refractivity contribution in [3.8, 4) is 0 Å². The molecule has 0 N–H and O–H groups in total. The summed E-state index contributed by atoms with van der Waals surface area (Å²) in [6, 6.07) is 0. The Morgan fingerprint density at radius 1 is 1.25 bits per heavy atom. The molecule has 1 aliphatic rings. The third-order valence-electron chi connectivity index (χ3n) is 1.87. The van der Waals surface area contributed by atoms with Crippen molar-refractivity contribution in [2.24, 2.45) is 0 Å². The van der Waals surface area contributed by atoms with Gasteiger partial charge < -0.3 is 0 Å². The third-order valence-corrected chi connectivity index (χ3v) is 4.30. The molecular weight excluding hydrogens is 231 g/mol. The normalized spacial score (nSPS) is 20.9. The minimum atomic E-state index is 0. The van der Waals surface area contributed by atoms with Crippen LogP contribution in [0.5, 0.6) is 0 Å². The maximum absolute atomic E-state index is 2.33. The Hall–Kier alpha value is 0.934. The Morgan fingerprint density at radius 3 is 2.67 bits per heavy atom. The smallest absolute Gasteiger partial charge is 0.0342 e. The maximum atomic E-state index is 2.33. The molecule has 1 rings (SSSR count). The van der Waals surface area contributed by atoms with Gasteiger partial charge in [-0.15, -0.1) is 0 Å². The van der Waals surface area contributed by atoms with E-state index in [9.17, 15) is 0 Å². The van der Waals surface area contributed by atoms with Gasteiger partial charge in [0.15, 0.2) is 0 Å². The molecule has 0 saturated heterocycles. The quantitative estimate of drug-likeness (QED) is 0.405. The van der Waals surface area contributed by atoms with Gasteiger partial charge in [0.2, 0.25) is 0 Å². The van der Waals surface area contributed by atoms with Crippen molar-refractivity contribution in [2.75, 3.05) is 0 Å². The molecule has 12 heavy (non-hydrogen) atoms. The van der Waals surface area contributed by atoms with Crippen LogP contribution in [0, 0.1) is 0 Å². The van der Waals surface area contributed by atoms with E-state index in [1.807, 2.05) is 21.6 Å². The van der Waals surface area contributed by atoms with Crippen molar-refractivity contribution >= 4 is 21.6 Å². The summed E-state index contributed by atoms with van der Waals surface area (Å²) in [5.74, 6) is 0. The van der Waals surface area contributed by atoms with Crippen molar-refractivity contribution < 1.29 is 16.5 Å². The molecule has 0 nitrogen and oxygen atoms in total. The molecule has 0 aliphatic carbocycles. The van der Waals surface area contributed by atoms with Gasteiger partial charge in [0, 0.05) is 21.7 Å². The molecule has 0 radical (unpaired) electrons. The van der Waals surface area contributed by atoms with E-state index in [0.29, 0.717) is 0 Å². The van der Waals surface area contributed by atoms with E-state index in [1.54, 1.807) is 0 Å². The van der Waals surface area contributed by atoms with Gasteiger partial charge >= 0.3 is 0 Å². The van der Waals surface area contributed by atoms with Crippen LogP contribution in [0.2, 0.25) is 0 Å². The largest absolute Gasteiger partial charge is 0.0819 e. The first-order chi connectivity index (χ1) is 5.43. The van der Waals surface area contributed by atoms with Crippen LogP contribution in [0.25, 0.3) is 0 Å². The van der Waals surface area contributed by atoms with E-state index in [-0.39, 0.29) is 16.5 Å². The van der Waals surface area contributed by atoms with E-state index in [1.165, 1.54) is 32.1 Å². The van der Waals surface area contributed by atoms with Crippen LogP contribution in [-0.2, 0) is 16.5 Å². The molecule has 0 aromatic carbocycles. The molecule has 0 aromatic heterocycles. The first kappa shape index (κ1) is 12.9. The Kier molecular flexibility index (Phi) is 9.19. The molecule has 74 valence electrons. The fraction of sp³-hybridized carbons (Fsp3) is 0.778. The van der Waals surface area contributed by atoms with Crippen LogP contribution >= 0.6 is 21.6 Å². The van der Waals surface area contributed by atoms with E-state index in [2.05, 4.69) is 18.4 Å². The van der Waals surface area contributed by atoms with Gasteiger partial charge in [0.1, 0.15) is 0 Å². The molecule has 1 heterocycles. The zero-order valence-electron chi connectivity index (χ0n) is 7.40. The fourth-order valence-corrected chi connectivity index (χ4v) is 3.43. The van der Waals surface area contributed by atoms with Crippen molar-refractivity contribution in [3.63, 3.8) is 0 Å². The maximum Gasteiger partial charge on any atom is 0.0342 e. The van der Waals surface area contributed by atoms with Gasteiger partial charge in [-0.3, -0.25) is 0 Å². The standard InChI is InChI=1S/C9H16S2.Ni/c1-2-3-4-5-6-9-7-8-10-11-9;/h7-9H,2-6H2,1H3;. The molecule has 0 spiro atoms. The van der Waals surface area contributed by atoms with E-state index >= 15 is 0 Å². The number of hydrogen-bond donors (Lipinski definition) is 0. The molecular formula is C9H16NiS2. The van der Waals surface area contributed by atoms with Crippen molar-refractivity contribution in [2.45, 2.75) is 44.3 Å². The second-order valence-electron chi connectivity index (χ2n) is 2.91. The summed E-state index contributed by atoms with van der Waals surface area (Å²) in [4.78, 5) is 0. The van der Waals surface area contributed by atoms with Crippen molar-refractivity contribution in [3.05, 3.63) is 11.5 Å². The van der Waals surface area contributed by atoms with Gasteiger partial charge in [-0.25, -0.2) is 0 Å². The van der Waals surface area contributed by atoms with Crippen LogP contribution in [0.1, 0.15) is 39.0 Å².